The maximum absolute atomic E-state index is 13.5. The van der Waals surface area contributed by atoms with Crippen molar-refractivity contribution in [1.82, 2.24) is 4.90 Å². The van der Waals surface area contributed by atoms with Crippen LogP contribution >= 0.6 is 0 Å². The van der Waals surface area contributed by atoms with E-state index < -0.39 is 23.2 Å². The van der Waals surface area contributed by atoms with Crippen LogP contribution in [0, 0.1) is 5.82 Å². The average molecular weight is 277 g/mol. The van der Waals surface area contributed by atoms with Crippen molar-refractivity contribution in [2.75, 3.05) is 20.1 Å². The zero-order valence-corrected chi connectivity index (χ0v) is 10.5. The molecule has 1 saturated heterocycles. The van der Waals surface area contributed by atoms with Crippen molar-refractivity contribution in [3.05, 3.63) is 35.1 Å². The molecular formula is C13H15F4NO. The summed E-state index contributed by atoms with van der Waals surface area (Å²) in [7, 11) is 1.81. The van der Waals surface area contributed by atoms with E-state index in [9.17, 15) is 22.7 Å². The van der Waals surface area contributed by atoms with Crippen LogP contribution in [0.2, 0.25) is 0 Å². The van der Waals surface area contributed by atoms with Gasteiger partial charge in [0.05, 0.1) is 5.56 Å². The summed E-state index contributed by atoms with van der Waals surface area (Å²) in [5.74, 6) is -1.34. The number of likely N-dealkylation sites (tertiary alicyclic amines) is 1. The largest absolute Gasteiger partial charge is 0.419 e. The summed E-state index contributed by atoms with van der Waals surface area (Å²) in [4.78, 5) is 1.87. The zero-order valence-electron chi connectivity index (χ0n) is 10.5. The number of alkyl halides is 3. The van der Waals surface area contributed by atoms with E-state index in [1.165, 1.54) is 0 Å². The summed E-state index contributed by atoms with van der Waals surface area (Å²) in [5, 5.41) is 10.4. The molecule has 19 heavy (non-hydrogen) atoms. The van der Waals surface area contributed by atoms with Crippen molar-refractivity contribution in [1.29, 1.82) is 0 Å². The first-order chi connectivity index (χ1) is 8.72. The van der Waals surface area contributed by atoms with Crippen LogP contribution in [0.5, 0.6) is 0 Å². The number of piperidine rings is 1. The molecular weight excluding hydrogens is 262 g/mol. The topological polar surface area (TPSA) is 23.5 Å². The van der Waals surface area contributed by atoms with Gasteiger partial charge in [0.25, 0.3) is 0 Å². The molecule has 2 nitrogen and oxygen atoms in total. The summed E-state index contributed by atoms with van der Waals surface area (Å²) in [5.41, 5.74) is -2.38. The number of nitrogens with zero attached hydrogens (tertiary/aromatic N) is 1. The molecule has 1 heterocycles. The van der Waals surface area contributed by atoms with Crippen LogP contribution in [-0.2, 0) is 11.8 Å². The van der Waals surface area contributed by atoms with Gasteiger partial charge in [-0.2, -0.15) is 13.2 Å². The fourth-order valence-corrected chi connectivity index (χ4v) is 2.52. The fraction of sp³-hybridized carbons (Fsp3) is 0.538. The van der Waals surface area contributed by atoms with Gasteiger partial charge in [-0.25, -0.2) is 4.39 Å². The van der Waals surface area contributed by atoms with E-state index in [1.54, 1.807) is 0 Å². The highest BCUT2D eigenvalue weighted by Gasteiger charge is 2.37. The van der Waals surface area contributed by atoms with Crippen molar-refractivity contribution in [3.8, 4) is 0 Å². The summed E-state index contributed by atoms with van der Waals surface area (Å²) in [6.45, 7) is 1.10. The van der Waals surface area contributed by atoms with Crippen LogP contribution in [0.25, 0.3) is 0 Å². The highest BCUT2D eigenvalue weighted by molar-refractivity contribution is 5.31. The first-order valence-electron chi connectivity index (χ1n) is 6.00. The second-order valence-electron chi connectivity index (χ2n) is 5.07. The van der Waals surface area contributed by atoms with E-state index >= 15 is 0 Å². The lowest BCUT2D eigenvalue weighted by Gasteiger charge is -2.37. The Hall–Kier alpha value is -1.14. The van der Waals surface area contributed by atoms with E-state index in [4.69, 9.17) is 0 Å². The summed E-state index contributed by atoms with van der Waals surface area (Å²) >= 11 is 0. The molecule has 106 valence electrons. The van der Waals surface area contributed by atoms with Gasteiger partial charge in [0.2, 0.25) is 0 Å². The molecule has 0 aromatic heterocycles. The smallest absolute Gasteiger partial charge is 0.384 e. The van der Waals surface area contributed by atoms with E-state index in [-0.39, 0.29) is 12.1 Å². The Morgan fingerprint density at radius 1 is 1.32 bits per heavy atom. The zero-order chi connectivity index (χ0) is 14.3. The van der Waals surface area contributed by atoms with E-state index in [1.807, 2.05) is 11.9 Å². The second kappa shape index (κ2) is 4.76. The van der Waals surface area contributed by atoms with Gasteiger partial charge in [-0.15, -0.1) is 0 Å². The third kappa shape index (κ3) is 2.90. The molecule has 0 aliphatic carbocycles. The van der Waals surface area contributed by atoms with Crippen LogP contribution in [0.15, 0.2) is 18.2 Å². The van der Waals surface area contributed by atoms with Crippen molar-refractivity contribution >= 4 is 0 Å². The average Bonchev–Trinajstić information content (AvgIpc) is 2.26. The first kappa shape index (κ1) is 14.3. The lowest BCUT2D eigenvalue weighted by atomic mass is 9.85. The van der Waals surface area contributed by atoms with Crippen LogP contribution in [0.1, 0.15) is 24.0 Å². The van der Waals surface area contributed by atoms with E-state index in [2.05, 4.69) is 0 Å². The Morgan fingerprint density at radius 3 is 2.53 bits per heavy atom. The number of rotatable bonds is 1. The number of hydrogen-bond donors (Lipinski definition) is 1. The van der Waals surface area contributed by atoms with Gasteiger partial charge in [0.1, 0.15) is 11.4 Å². The molecule has 1 aromatic carbocycles. The summed E-state index contributed by atoms with van der Waals surface area (Å²) < 4.78 is 50.9. The van der Waals surface area contributed by atoms with Crippen LogP contribution in [0.4, 0.5) is 17.6 Å². The number of benzene rings is 1. The van der Waals surface area contributed by atoms with E-state index in [0.717, 1.165) is 25.1 Å². The van der Waals surface area contributed by atoms with Gasteiger partial charge < -0.3 is 10.0 Å². The molecule has 1 fully saturated rings. The Labute approximate surface area is 108 Å². The molecule has 2 rings (SSSR count). The molecule has 6 heteroatoms. The third-order valence-corrected chi connectivity index (χ3v) is 3.47. The molecule has 0 bridgehead atoms. The van der Waals surface area contributed by atoms with Gasteiger partial charge in [0, 0.05) is 6.54 Å². The van der Waals surface area contributed by atoms with Crippen molar-refractivity contribution in [3.63, 3.8) is 0 Å². The monoisotopic (exact) mass is 277 g/mol. The summed E-state index contributed by atoms with van der Waals surface area (Å²) in [6.07, 6.45) is -3.58. The molecule has 0 radical (unpaired) electrons. The Kier molecular flexibility index (Phi) is 3.57. The number of aliphatic hydroxyl groups is 1. The normalized spacial score (nSPS) is 25.6. The quantitative estimate of drug-likeness (QED) is 0.798. The standard InChI is InChI=1S/C13H15F4NO/c1-18-6-2-5-12(19,8-18)9-3-4-10(11(14)7-9)13(15,16)17/h3-4,7,19H,2,5-6,8H2,1H3. The lowest BCUT2D eigenvalue weighted by molar-refractivity contribution is -0.140. The number of halogens is 4. The minimum atomic E-state index is -4.71. The predicted octanol–water partition coefficient (Wildman–Crippen LogP) is 2.76. The van der Waals surface area contributed by atoms with Crippen LogP contribution in [-0.4, -0.2) is 30.1 Å². The molecule has 0 saturated carbocycles. The van der Waals surface area contributed by atoms with Gasteiger partial charge in [-0.3, -0.25) is 0 Å². The molecule has 1 unspecified atom stereocenters. The number of β-amino-alcohol motifs (C(OH)–C–C–N with tert-alkyl or cyclic N) is 1. The molecule has 1 aliphatic rings. The molecule has 1 atom stereocenters. The van der Waals surface area contributed by atoms with E-state index in [0.29, 0.717) is 12.5 Å². The minimum Gasteiger partial charge on any atom is -0.384 e. The molecule has 0 spiro atoms. The summed E-state index contributed by atoms with van der Waals surface area (Å²) in [6, 6.07) is 2.64. The van der Waals surface area contributed by atoms with Crippen molar-refractivity contribution < 1.29 is 22.7 Å². The molecule has 1 N–H and O–H groups in total. The Bertz CT molecular complexity index is 474. The van der Waals surface area contributed by atoms with Gasteiger partial charge in [-0.05, 0) is 44.1 Å². The Balaban J connectivity index is 2.34. The van der Waals surface area contributed by atoms with Gasteiger partial charge in [0.15, 0.2) is 0 Å². The molecule has 0 amide bonds. The number of hydrogen-bond acceptors (Lipinski definition) is 2. The Morgan fingerprint density at radius 2 is 2.00 bits per heavy atom. The highest BCUT2D eigenvalue weighted by atomic mass is 19.4. The minimum absolute atomic E-state index is 0.199. The second-order valence-corrected chi connectivity index (χ2v) is 5.07. The van der Waals surface area contributed by atoms with Gasteiger partial charge in [-0.1, -0.05) is 6.07 Å². The maximum Gasteiger partial charge on any atom is 0.419 e. The SMILES string of the molecule is CN1CCCC(O)(c2ccc(C(F)(F)F)c(F)c2)C1. The highest BCUT2D eigenvalue weighted by Crippen LogP contribution is 2.36. The number of likely N-dealkylation sites (N-methyl/N-ethyl adjacent to an activating group) is 1. The lowest BCUT2D eigenvalue weighted by Crippen LogP contribution is -2.44. The van der Waals surface area contributed by atoms with Crippen LogP contribution < -0.4 is 0 Å². The van der Waals surface area contributed by atoms with Crippen LogP contribution in [0.3, 0.4) is 0 Å². The predicted molar refractivity (Wildman–Crippen MR) is 62.0 cm³/mol. The molecule has 1 aliphatic heterocycles. The third-order valence-electron chi connectivity index (χ3n) is 3.47. The maximum atomic E-state index is 13.5. The van der Waals surface area contributed by atoms with Crippen molar-refractivity contribution in [2.24, 2.45) is 0 Å². The van der Waals surface area contributed by atoms with Crippen molar-refractivity contribution in [2.45, 2.75) is 24.6 Å². The van der Waals surface area contributed by atoms with Gasteiger partial charge >= 0.3 is 6.18 Å². The fourth-order valence-electron chi connectivity index (χ4n) is 2.52. The molecule has 1 aromatic rings. The first-order valence-corrected chi connectivity index (χ1v) is 6.00.